The zero-order valence-electron chi connectivity index (χ0n) is 17.1. The van der Waals surface area contributed by atoms with Crippen LogP contribution in [0, 0.1) is 5.92 Å². The topological polar surface area (TPSA) is 66.1 Å². The second kappa shape index (κ2) is 8.19. The van der Waals surface area contributed by atoms with Gasteiger partial charge in [-0.2, -0.15) is 0 Å². The lowest BCUT2D eigenvalue weighted by Gasteiger charge is -2.32. The number of hydrogen-bond donors (Lipinski definition) is 1. The molecule has 5 rings (SSSR count). The number of aromatic amines is 1. The molecule has 0 spiro atoms. The van der Waals surface area contributed by atoms with Gasteiger partial charge >= 0.3 is 0 Å². The fourth-order valence-corrected chi connectivity index (χ4v) is 4.36. The predicted molar refractivity (Wildman–Crippen MR) is 121 cm³/mol. The summed E-state index contributed by atoms with van der Waals surface area (Å²) in [6.45, 7) is 1.13. The molecule has 1 aliphatic heterocycles. The van der Waals surface area contributed by atoms with Gasteiger partial charge in [0.15, 0.2) is 5.78 Å². The van der Waals surface area contributed by atoms with Crippen LogP contribution in [-0.4, -0.2) is 39.6 Å². The van der Waals surface area contributed by atoms with Crippen LogP contribution in [0.3, 0.4) is 0 Å². The highest BCUT2D eigenvalue weighted by molar-refractivity contribution is 6.02. The van der Waals surface area contributed by atoms with E-state index in [1.54, 1.807) is 12.4 Å². The summed E-state index contributed by atoms with van der Waals surface area (Å²) >= 11 is 0. The lowest BCUT2D eigenvalue weighted by Crippen LogP contribution is -2.42. The summed E-state index contributed by atoms with van der Waals surface area (Å²) in [6, 6.07) is 21.4. The zero-order valence-corrected chi connectivity index (χ0v) is 17.1. The molecule has 5 nitrogen and oxygen atoms in total. The largest absolute Gasteiger partial charge is 0.345 e. The van der Waals surface area contributed by atoms with E-state index in [0.29, 0.717) is 18.7 Å². The number of piperidine rings is 1. The first-order valence-corrected chi connectivity index (χ1v) is 10.6. The first kappa shape index (κ1) is 19.2. The number of rotatable bonds is 4. The normalized spacial score (nSPS) is 16.4. The molecule has 154 valence electrons. The van der Waals surface area contributed by atoms with E-state index < -0.39 is 0 Å². The number of amides is 1. The van der Waals surface area contributed by atoms with E-state index in [1.165, 1.54) is 0 Å². The Balaban J connectivity index is 1.34. The van der Waals surface area contributed by atoms with E-state index in [1.807, 2.05) is 71.6 Å². The molecular formula is C26H23N3O2. The first-order chi connectivity index (χ1) is 15.2. The Morgan fingerprint density at radius 1 is 0.935 bits per heavy atom. The third-order valence-electron chi connectivity index (χ3n) is 5.99. The zero-order chi connectivity index (χ0) is 21.2. The molecule has 1 aliphatic rings. The van der Waals surface area contributed by atoms with Crippen molar-refractivity contribution < 1.29 is 9.59 Å². The van der Waals surface area contributed by atoms with Crippen molar-refractivity contribution in [3.8, 4) is 11.4 Å². The van der Waals surface area contributed by atoms with E-state index in [4.69, 9.17) is 0 Å². The van der Waals surface area contributed by atoms with Gasteiger partial charge in [0.05, 0.1) is 0 Å². The predicted octanol–water partition coefficient (Wildman–Crippen LogP) is 4.97. The smallest absolute Gasteiger partial charge is 0.253 e. The molecule has 0 aliphatic carbocycles. The molecule has 4 aromatic rings. The van der Waals surface area contributed by atoms with Crippen molar-refractivity contribution >= 4 is 22.5 Å². The monoisotopic (exact) mass is 409 g/mol. The number of H-pyrrole nitrogens is 1. The molecule has 1 unspecified atom stereocenters. The Bertz CT molecular complexity index is 1250. The second-order valence-electron chi connectivity index (χ2n) is 8.04. The van der Waals surface area contributed by atoms with Crippen molar-refractivity contribution in [1.29, 1.82) is 0 Å². The van der Waals surface area contributed by atoms with Crippen molar-refractivity contribution in [3.63, 3.8) is 0 Å². The van der Waals surface area contributed by atoms with Crippen LogP contribution < -0.4 is 0 Å². The minimum atomic E-state index is -0.174. The third kappa shape index (κ3) is 3.87. The van der Waals surface area contributed by atoms with Gasteiger partial charge in [-0.15, -0.1) is 0 Å². The minimum absolute atomic E-state index is 0.0376. The second-order valence-corrected chi connectivity index (χ2v) is 8.04. The number of nitrogens with one attached hydrogen (secondary N) is 1. The van der Waals surface area contributed by atoms with Crippen LogP contribution in [0.15, 0.2) is 79.1 Å². The van der Waals surface area contributed by atoms with E-state index in [-0.39, 0.29) is 17.6 Å². The lowest BCUT2D eigenvalue weighted by molar-refractivity contribution is 0.0637. The first-order valence-electron chi connectivity index (χ1n) is 10.6. The molecule has 1 saturated heterocycles. The molecule has 1 atom stereocenters. The average molecular weight is 409 g/mol. The van der Waals surface area contributed by atoms with Crippen LogP contribution in [0.2, 0.25) is 0 Å². The highest BCUT2D eigenvalue weighted by Gasteiger charge is 2.29. The van der Waals surface area contributed by atoms with E-state index in [2.05, 4.69) is 9.97 Å². The number of imidazole rings is 1. The number of nitrogens with zero attached hydrogens (tertiary/aromatic N) is 2. The molecular weight excluding hydrogens is 386 g/mol. The van der Waals surface area contributed by atoms with Crippen LogP contribution in [0.5, 0.6) is 0 Å². The fourth-order valence-electron chi connectivity index (χ4n) is 4.36. The molecule has 31 heavy (non-hydrogen) atoms. The molecule has 0 radical (unpaired) electrons. The van der Waals surface area contributed by atoms with Gasteiger partial charge in [0.25, 0.3) is 5.91 Å². The van der Waals surface area contributed by atoms with Crippen molar-refractivity contribution in [1.82, 2.24) is 14.9 Å². The lowest BCUT2D eigenvalue weighted by atomic mass is 9.89. The Hall–Kier alpha value is -3.73. The maximum absolute atomic E-state index is 13.2. The van der Waals surface area contributed by atoms with Crippen molar-refractivity contribution in [2.45, 2.75) is 12.8 Å². The van der Waals surface area contributed by atoms with Crippen LogP contribution in [0.25, 0.3) is 22.2 Å². The van der Waals surface area contributed by atoms with Crippen LogP contribution >= 0.6 is 0 Å². The average Bonchev–Trinajstić information content (AvgIpc) is 3.38. The van der Waals surface area contributed by atoms with Gasteiger partial charge in [0.1, 0.15) is 5.82 Å². The maximum atomic E-state index is 13.2. The van der Waals surface area contributed by atoms with Gasteiger partial charge in [-0.25, -0.2) is 4.98 Å². The van der Waals surface area contributed by atoms with E-state index >= 15 is 0 Å². The van der Waals surface area contributed by atoms with E-state index in [0.717, 1.165) is 40.6 Å². The molecule has 1 aromatic heterocycles. The van der Waals surface area contributed by atoms with Gasteiger partial charge in [-0.3, -0.25) is 9.59 Å². The Kier molecular flexibility index (Phi) is 5.08. The molecule has 3 aromatic carbocycles. The summed E-state index contributed by atoms with van der Waals surface area (Å²) < 4.78 is 0. The number of fused-ring (bicyclic) bond motifs is 1. The number of carbonyl (C=O) groups is 2. The summed E-state index contributed by atoms with van der Waals surface area (Å²) in [5, 5.41) is 2.18. The highest BCUT2D eigenvalue weighted by Crippen LogP contribution is 2.25. The summed E-state index contributed by atoms with van der Waals surface area (Å²) in [4.78, 5) is 35.5. The summed E-state index contributed by atoms with van der Waals surface area (Å²) in [5.74, 6) is 0.641. The summed E-state index contributed by atoms with van der Waals surface area (Å²) in [5.41, 5.74) is 2.21. The van der Waals surface area contributed by atoms with Gasteiger partial charge in [-0.05, 0) is 41.8 Å². The Labute approximate surface area is 180 Å². The molecule has 0 bridgehead atoms. The standard InChI is InChI=1S/C26H23N3O2/c30-24(20-11-10-18-5-1-2-6-19(18)15-20)23-9-4-14-29(17-23)26(31)22-8-3-7-21(16-22)25-27-12-13-28-25/h1-3,5-8,10-13,15-16,23H,4,9,14,17H2,(H,27,28). The quantitative estimate of drug-likeness (QED) is 0.484. The van der Waals surface area contributed by atoms with Gasteiger partial charge in [-0.1, -0.05) is 48.5 Å². The third-order valence-corrected chi connectivity index (χ3v) is 5.99. The molecule has 0 saturated carbocycles. The van der Waals surface area contributed by atoms with Gasteiger partial charge in [0, 0.05) is 48.1 Å². The van der Waals surface area contributed by atoms with Gasteiger partial charge in [0.2, 0.25) is 0 Å². The fraction of sp³-hybridized carbons (Fsp3) is 0.192. The maximum Gasteiger partial charge on any atom is 0.253 e. The molecule has 2 heterocycles. The number of benzene rings is 3. The number of hydrogen-bond acceptors (Lipinski definition) is 3. The number of ketones is 1. The number of carbonyl (C=O) groups excluding carboxylic acids is 2. The van der Waals surface area contributed by atoms with Crippen LogP contribution in [-0.2, 0) is 0 Å². The minimum Gasteiger partial charge on any atom is -0.345 e. The molecule has 1 amide bonds. The number of aromatic nitrogens is 2. The van der Waals surface area contributed by atoms with Crippen molar-refractivity contribution in [2.75, 3.05) is 13.1 Å². The van der Waals surface area contributed by atoms with E-state index in [9.17, 15) is 9.59 Å². The number of likely N-dealkylation sites (tertiary alicyclic amines) is 1. The van der Waals surface area contributed by atoms with Crippen LogP contribution in [0.4, 0.5) is 0 Å². The SMILES string of the molecule is O=C(c1ccc2ccccc2c1)C1CCCN(C(=O)c2cccc(-c3ncc[nH]3)c2)C1. The number of Topliss-reactive ketones (excluding diaryl/α,β-unsaturated/α-hetero) is 1. The summed E-state index contributed by atoms with van der Waals surface area (Å²) in [6.07, 6.45) is 5.09. The summed E-state index contributed by atoms with van der Waals surface area (Å²) in [7, 11) is 0. The molecule has 5 heteroatoms. The Morgan fingerprint density at radius 2 is 1.81 bits per heavy atom. The van der Waals surface area contributed by atoms with Gasteiger partial charge < -0.3 is 9.88 Å². The highest BCUT2D eigenvalue weighted by atomic mass is 16.2. The van der Waals surface area contributed by atoms with Crippen molar-refractivity contribution in [2.24, 2.45) is 5.92 Å². The van der Waals surface area contributed by atoms with Crippen LogP contribution in [0.1, 0.15) is 33.6 Å². The molecule has 1 fully saturated rings. The van der Waals surface area contributed by atoms with Crippen molar-refractivity contribution in [3.05, 3.63) is 90.3 Å². The Morgan fingerprint density at radius 3 is 2.65 bits per heavy atom. The molecule has 1 N–H and O–H groups in total.